The first kappa shape index (κ1) is 13.9. The fourth-order valence-corrected chi connectivity index (χ4v) is 2.50. The Morgan fingerprint density at radius 3 is 1.86 bits per heavy atom. The summed E-state index contributed by atoms with van der Waals surface area (Å²) in [5.41, 5.74) is 1.56. The van der Waals surface area contributed by atoms with Crippen molar-refractivity contribution in [1.82, 2.24) is 0 Å². The molecule has 2 N–H and O–H groups in total. The summed E-state index contributed by atoms with van der Waals surface area (Å²) in [5, 5.41) is 5.83. The lowest BCUT2D eigenvalue weighted by molar-refractivity contribution is -0.120. The highest BCUT2D eigenvalue weighted by atomic mass is 16.2. The van der Waals surface area contributed by atoms with Crippen LogP contribution in [0.3, 0.4) is 0 Å². The highest BCUT2D eigenvalue weighted by Gasteiger charge is 2.29. The maximum absolute atomic E-state index is 12.1. The van der Waals surface area contributed by atoms with Crippen molar-refractivity contribution in [3.05, 3.63) is 36.4 Å². The average Bonchev–Trinajstić information content (AvgIpc) is 3.35. The van der Waals surface area contributed by atoms with Crippen molar-refractivity contribution in [2.75, 3.05) is 10.6 Å². The lowest BCUT2D eigenvalue weighted by atomic mass is 9.93. The predicted molar refractivity (Wildman–Crippen MR) is 82.9 cm³/mol. The molecule has 1 atom stereocenters. The molecule has 2 aliphatic carbocycles. The zero-order chi connectivity index (χ0) is 14.7. The average molecular weight is 284 g/mol. The van der Waals surface area contributed by atoms with Gasteiger partial charge in [-0.05, 0) is 56.4 Å². The maximum Gasteiger partial charge on any atom is 0.227 e. The van der Waals surface area contributed by atoms with Crippen molar-refractivity contribution in [1.29, 1.82) is 0 Å². The van der Waals surface area contributed by atoms with Gasteiger partial charge in [0, 0.05) is 23.2 Å². The molecule has 2 aliphatic rings. The van der Waals surface area contributed by atoms with Gasteiger partial charge in [-0.15, -0.1) is 0 Å². The summed E-state index contributed by atoms with van der Waals surface area (Å²) in [6, 6.07) is 7.32. The zero-order valence-electron chi connectivity index (χ0n) is 12.0. The molecule has 0 heterocycles. The topological polar surface area (TPSA) is 58.2 Å². The largest absolute Gasteiger partial charge is 0.326 e. The maximum atomic E-state index is 12.1. The van der Waals surface area contributed by atoms with E-state index in [2.05, 4.69) is 22.8 Å². The normalized spacial score (nSPS) is 20.9. The van der Waals surface area contributed by atoms with Crippen molar-refractivity contribution < 1.29 is 9.59 Å². The smallest absolute Gasteiger partial charge is 0.227 e. The minimum atomic E-state index is 0.0734. The Morgan fingerprint density at radius 1 is 0.810 bits per heavy atom. The number of benzene rings is 1. The molecule has 0 bridgehead atoms. The summed E-state index contributed by atoms with van der Waals surface area (Å²) in [7, 11) is 0. The van der Waals surface area contributed by atoms with Crippen LogP contribution >= 0.6 is 0 Å². The molecule has 21 heavy (non-hydrogen) atoms. The third kappa shape index (κ3) is 3.72. The van der Waals surface area contributed by atoms with Crippen molar-refractivity contribution in [2.45, 2.75) is 32.1 Å². The third-order valence-corrected chi connectivity index (χ3v) is 4.01. The number of hydrogen-bond donors (Lipinski definition) is 2. The summed E-state index contributed by atoms with van der Waals surface area (Å²) in [5.74, 6) is 0.447. The Balaban J connectivity index is 1.54. The van der Waals surface area contributed by atoms with Gasteiger partial charge in [0.1, 0.15) is 0 Å². The van der Waals surface area contributed by atoms with Gasteiger partial charge in [-0.2, -0.15) is 0 Å². The lowest BCUT2D eigenvalue weighted by Crippen LogP contribution is -2.23. The molecule has 0 saturated heterocycles. The van der Waals surface area contributed by atoms with E-state index in [1.807, 2.05) is 24.3 Å². The van der Waals surface area contributed by atoms with Crippen LogP contribution in [0.4, 0.5) is 11.4 Å². The standard InChI is InChI=1S/C17H20N2O2/c20-16(12-4-2-1-3-5-12)18-14-8-10-15(11-9-14)19-17(21)13-6-7-13/h1-2,8-13H,3-7H2,(H,18,20)(H,19,21)/t12-/m1/s1. The van der Waals surface area contributed by atoms with Crippen LogP contribution in [0.2, 0.25) is 0 Å². The third-order valence-electron chi connectivity index (χ3n) is 4.01. The fourth-order valence-electron chi connectivity index (χ4n) is 2.50. The molecule has 1 saturated carbocycles. The van der Waals surface area contributed by atoms with Crippen LogP contribution in [0.15, 0.2) is 36.4 Å². The highest BCUT2D eigenvalue weighted by molar-refractivity contribution is 5.95. The number of allylic oxidation sites excluding steroid dienone is 2. The van der Waals surface area contributed by atoms with E-state index < -0.39 is 0 Å². The minimum Gasteiger partial charge on any atom is -0.326 e. The molecule has 0 aromatic heterocycles. The Bertz CT molecular complexity index is 559. The first-order chi connectivity index (χ1) is 10.2. The first-order valence-corrected chi connectivity index (χ1v) is 7.59. The molecule has 110 valence electrons. The molecule has 4 nitrogen and oxygen atoms in total. The van der Waals surface area contributed by atoms with Crippen LogP contribution in [-0.4, -0.2) is 11.8 Å². The molecule has 1 aromatic carbocycles. The molecular weight excluding hydrogens is 264 g/mol. The van der Waals surface area contributed by atoms with E-state index in [9.17, 15) is 9.59 Å². The molecule has 0 aliphatic heterocycles. The molecule has 1 aromatic rings. The molecule has 1 fully saturated rings. The molecule has 2 amide bonds. The first-order valence-electron chi connectivity index (χ1n) is 7.59. The van der Waals surface area contributed by atoms with Gasteiger partial charge in [0.15, 0.2) is 0 Å². The number of carbonyl (C=O) groups is 2. The molecule has 0 radical (unpaired) electrons. The summed E-state index contributed by atoms with van der Waals surface area (Å²) in [6.07, 6.45) is 8.90. The molecular formula is C17H20N2O2. The van der Waals surface area contributed by atoms with E-state index in [1.165, 1.54) is 0 Å². The quantitative estimate of drug-likeness (QED) is 0.833. The van der Waals surface area contributed by atoms with Gasteiger partial charge >= 0.3 is 0 Å². The van der Waals surface area contributed by atoms with E-state index in [-0.39, 0.29) is 23.7 Å². The van der Waals surface area contributed by atoms with Crippen LogP contribution in [0.1, 0.15) is 32.1 Å². The van der Waals surface area contributed by atoms with Gasteiger partial charge in [-0.1, -0.05) is 12.2 Å². The number of carbonyl (C=O) groups excluding carboxylic acids is 2. The van der Waals surface area contributed by atoms with Gasteiger partial charge in [0.05, 0.1) is 0 Å². The number of amides is 2. The van der Waals surface area contributed by atoms with Crippen LogP contribution in [-0.2, 0) is 9.59 Å². The second kappa shape index (κ2) is 6.12. The highest BCUT2D eigenvalue weighted by Crippen LogP contribution is 2.30. The Labute approximate surface area is 124 Å². The van der Waals surface area contributed by atoms with Crippen molar-refractivity contribution >= 4 is 23.2 Å². The SMILES string of the molecule is O=C(Nc1ccc(NC(=O)[C@@H]2CC=CCC2)cc1)C1CC1. The number of nitrogens with one attached hydrogen (secondary N) is 2. The Kier molecular flexibility index (Phi) is 4.04. The second-order valence-corrected chi connectivity index (χ2v) is 5.81. The number of rotatable bonds is 4. The van der Waals surface area contributed by atoms with E-state index >= 15 is 0 Å². The van der Waals surface area contributed by atoms with Crippen LogP contribution < -0.4 is 10.6 Å². The summed E-state index contributed by atoms with van der Waals surface area (Å²) in [6.45, 7) is 0. The van der Waals surface area contributed by atoms with Gasteiger partial charge < -0.3 is 10.6 Å². The summed E-state index contributed by atoms with van der Waals surface area (Å²) < 4.78 is 0. The Morgan fingerprint density at radius 2 is 1.38 bits per heavy atom. The Hall–Kier alpha value is -2.10. The summed E-state index contributed by atoms with van der Waals surface area (Å²) in [4.78, 5) is 23.8. The van der Waals surface area contributed by atoms with Crippen molar-refractivity contribution in [3.8, 4) is 0 Å². The monoisotopic (exact) mass is 284 g/mol. The van der Waals surface area contributed by atoms with E-state index in [1.54, 1.807) is 0 Å². The second-order valence-electron chi connectivity index (χ2n) is 5.81. The number of anilines is 2. The predicted octanol–water partition coefficient (Wildman–Crippen LogP) is 3.33. The molecule has 0 spiro atoms. The molecule has 3 rings (SSSR count). The molecule has 4 heteroatoms. The van der Waals surface area contributed by atoms with E-state index in [0.717, 1.165) is 43.5 Å². The summed E-state index contributed by atoms with van der Waals surface area (Å²) >= 11 is 0. The van der Waals surface area contributed by atoms with E-state index in [4.69, 9.17) is 0 Å². The van der Waals surface area contributed by atoms with Crippen LogP contribution in [0.25, 0.3) is 0 Å². The minimum absolute atomic E-state index is 0.0734. The molecule has 0 unspecified atom stereocenters. The van der Waals surface area contributed by atoms with Crippen molar-refractivity contribution in [3.63, 3.8) is 0 Å². The lowest BCUT2D eigenvalue weighted by Gasteiger charge is -2.17. The fraction of sp³-hybridized carbons (Fsp3) is 0.412. The van der Waals surface area contributed by atoms with Crippen LogP contribution in [0, 0.1) is 11.8 Å². The van der Waals surface area contributed by atoms with Crippen LogP contribution in [0.5, 0.6) is 0 Å². The van der Waals surface area contributed by atoms with Gasteiger partial charge in [-0.3, -0.25) is 9.59 Å². The van der Waals surface area contributed by atoms with Gasteiger partial charge in [0.25, 0.3) is 0 Å². The zero-order valence-corrected chi connectivity index (χ0v) is 12.0. The van der Waals surface area contributed by atoms with Crippen molar-refractivity contribution in [2.24, 2.45) is 11.8 Å². The number of hydrogen-bond acceptors (Lipinski definition) is 2. The van der Waals surface area contributed by atoms with E-state index in [0.29, 0.717) is 0 Å². The van der Waals surface area contributed by atoms with Gasteiger partial charge in [0.2, 0.25) is 11.8 Å². The van der Waals surface area contributed by atoms with Gasteiger partial charge in [-0.25, -0.2) is 0 Å².